The van der Waals surface area contributed by atoms with E-state index in [0.717, 1.165) is 28.3 Å². The number of benzene rings is 5. The summed E-state index contributed by atoms with van der Waals surface area (Å²) in [4.78, 5) is 0. The van der Waals surface area contributed by atoms with E-state index in [2.05, 4.69) is 108 Å². The van der Waals surface area contributed by atoms with Crippen molar-refractivity contribution in [3.8, 4) is 39.4 Å². The summed E-state index contributed by atoms with van der Waals surface area (Å²) in [6, 6.07) is 40.6. The van der Waals surface area contributed by atoms with Gasteiger partial charge in [-0.2, -0.15) is 0 Å². The fourth-order valence-corrected chi connectivity index (χ4v) is 5.01. The highest BCUT2D eigenvalue weighted by atomic mass is 16.5. The zero-order valence-corrected chi connectivity index (χ0v) is 17.3. The zero-order valence-electron chi connectivity index (χ0n) is 17.3. The van der Waals surface area contributed by atoms with Crippen molar-refractivity contribution in [1.29, 1.82) is 0 Å². The van der Waals surface area contributed by atoms with Crippen LogP contribution >= 0.6 is 0 Å². The maximum atomic E-state index is 6.42. The molecule has 0 aliphatic carbocycles. The zero-order chi connectivity index (χ0) is 21.1. The average molecular weight is 409 g/mol. The minimum Gasteiger partial charge on any atom is -0.456 e. The van der Waals surface area contributed by atoms with Gasteiger partial charge in [-0.25, -0.2) is 0 Å². The van der Waals surface area contributed by atoms with Crippen LogP contribution in [-0.2, 0) is 0 Å². The third kappa shape index (κ3) is 2.41. The van der Waals surface area contributed by atoms with Crippen LogP contribution in [0.1, 0.15) is 0 Å². The Bertz CT molecular complexity index is 1600. The van der Waals surface area contributed by atoms with Gasteiger partial charge < -0.3 is 9.30 Å². The van der Waals surface area contributed by atoms with E-state index < -0.39 is 0 Å². The van der Waals surface area contributed by atoms with Crippen LogP contribution in [0.4, 0.5) is 0 Å². The number of aromatic nitrogens is 1. The lowest BCUT2D eigenvalue weighted by molar-refractivity contribution is 0.487. The Kier molecular flexibility index (Phi) is 3.58. The number of hydrogen-bond donors (Lipinski definition) is 0. The van der Waals surface area contributed by atoms with Gasteiger partial charge in [0.2, 0.25) is 0 Å². The summed E-state index contributed by atoms with van der Waals surface area (Å²) >= 11 is 0. The van der Waals surface area contributed by atoms with E-state index in [1.54, 1.807) is 0 Å². The molecule has 0 radical (unpaired) electrons. The van der Waals surface area contributed by atoms with Crippen LogP contribution in [0.15, 0.2) is 115 Å². The van der Waals surface area contributed by atoms with Crippen LogP contribution in [-0.4, -0.2) is 4.57 Å². The first-order chi connectivity index (χ1) is 15.9. The van der Waals surface area contributed by atoms with Crippen molar-refractivity contribution in [3.63, 3.8) is 0 Å². The van der Waals surface area contributed by atoms with Crippen LogP contribution < -0.4 is 4.74 Å². The van der Waals surface area contributed by atoms with E-state index >= 15 is 0 Å². The van der Waals surface area contributed by atoms with Crippen molar-refractivity contribution < 1.29 is 4.74 Å². The molecule has 1 aromatic heterocycles. The average Bonchev–Trinajstić information content (AvgIpc) is 3.12. The van der Waals surface area contributed by atoms with Crippen LogP contribution in [0.25, 0.3) is 49.7 Å². The molecule has 1 aliphatic heterocycles. The number of nitrogens with zero attached hydrogens (tertiary/aromatic N) is 1. The minimum absolute atomic E-state index is 0.881. The van der Waals surface area contributed by atoms with Gasteiger partial charge in [0.1, 0.15) is 11.5 Å². The lowest BCUT2D eigenvalue weighted by Gasteiger charge is -2.13. The number of fused-ring (bicyclic) bond motifs is 8. The minimum atomic E-state index is 0.881. The largest absolute Gasteiger partial charge is 0.456 e. The first-order valence-electron chi connectivity index (χ1n) is 10.9. The normalized spacial score (nSPS) is 12.0. The lowest BCUT2D eigenvalue weighted by Crippen LogP contribution is -1.95. The molecule has 150 valence electrons. The van der Waals surface area contributed by atoms with E-state index in [4.69, 9.17) is 4.74 Å². The SMILES string of the molecule is c1ccc2c(c1)Oc1ccc(-n3c4ccccc4c4ccccc43)cc1-c1ccccc1-2. The molecule has 0 bridgehead atoms. The van der Waals surface area contributed by atoms with E-state index in [1.165, 1.54) is 32.9 Å². The molecule has 0 spiro atoms. The summed E-state index contributed by atoms with van der Waals surface area (Å²) in [7, 11) is 0. The highest BCUT2D eigenvalue weighted by Crippen LogP contribution is 2.47. The third-order valence-electron chi connectivity index (χ3n) is 6.42. The molecular weight excluding hydrogens is 390 g/mol. The summed E-state index contributed by atoms with van der Waals surface area (Å²) in [5.41, 5.74) is 8.16. The maximum Gasteiger partial charge on any atom is 0.135 e. The van der Waals surface area contributed by atoms with Gasteiger partial charge in [0, 0.05) is 27.6 Å². The van der Waals surface area contributed by atoms with Gasteiger partial charge in [0.15, 0.2) is 0 Å². The molecule has 32 heavy (non-hydrogen) atoms. The number of ether oxygens (including phenoxy) is 1. The van der Waals surface area contributed by atoms with Crippen molar-refractivity contribution in [1.82, 2.24) is 4.57 Å². The van der Waals surface area contributed by atoms with Crippen LogP contribution in [0.3, 0.4) is 0 Å². The molecular formula is C30H19NO. The quantitative estimate of drug-likeness (QED) is 0.266. The molecule has 0 unspecified atom stereocenters. The Hall–Kier alpha value is -4.30. The molecule has 1 aliphatic rings. The fourth-order valence-electron chi connectivity index (χ4n) is 5.01. The van der Waals surface area contributed by atoms with Crippen molar-refractivity contribution in [2.45, 2.75) is 0 Å². The summed E-state index contributed by atoms with van der Waals surface area (Å²) in [6.45, 7) is 0. The second kappa shape index (κ2) is 6.60. The summed E-state index contributed by atoms with van der Waals surface area (Å²) in [6.07, 6.45) is 0. The van der Waals surface area contributed by atoms with Crippen molar-refractivity contribution in [2.75, 3.05) is 0 Å². The summed E-state index contributed by atoms with van der Waals surface area (Å²) in [5.74, 6) is 1.77. The Labute approximate surface area is 185 Å². The standard InChI is InChI=1S/C30H19NO/c1-2-10-22-21(9-1)25-13-5-8-16-29(25)32-30-18-17-20(19-26(22)30)31-27-14-6-3-11-23(27)24-12-4-7-15-28(24)31/h1-19H. The van der Waals surface area contributed by atoms with Gasteiger partial charge in [-0.3, -0.25) is 0 Å². The second-order valence-electron chi connectivity index (χ2n) is 8.19. The Morgan fingerprint density at radius 3 is 1.69 bits per heavy atom. The Balaban J connectivity index is 1.54. The molecule has 0 saturated carbocycles. The van der Waals surface area contributed by atoms with Gasteiger partial charge in [0.05, 0.1) is 11.0 Å². The molecule has 6 aromatic rings. The highest BCUT2D eigenvalue weighted by Gasteiger charge is 2.21. The number of hydrogen-bond acceptors (Lipinski definition) is 1. The molecule has 0 N–H and O–H groups in total. The summed E-state index contributed by atoms with van der Waals surface area (Å²) < 4.78 is 8.78. The van der Waals surface area contributed by atoms with Crippen molar-refractivity contribution >= 4 is 21.8 Å². The van der Waals surface area contributed by atoms with E-state index in [0.29, 0.717) is 0 Å². The van der Waals surface area contributed by atoms with Crippen LogP contribution in [0.2, 0.25) is 0 Å². The number of rotatable bonds is 1. The van der Waals surface area contributed by atoms with Crippen LogP contribution in [0.5, 0.6) is 11.5 Å². The Morgan fingerprint density at radius 1 is 0.438 bits per heavy atom. The highest BCUT2D eigenvalue weighted by molar-refractivity contribution is 6.09. The Morgan fingerprint density at radius 2 is 0.969 bits per heavy atom. The topological polar surface area (TPSA) is 14.2 Å². The molecule has 0 fully saturated rings. The van der Waals surface area contributed by atoms with Gasteiger partial charge in [0.25, 0.3) is 0 Å². The van der Waals surface area contributed by atoms with E-state index in [-0.39, 0.29) is 0 Å². The molecule has 0 saturated heterocycles. The first kappa shape index (κ1) is 17.4. The van der Waals surface area contributed by atoms with Gasteiger partial charge in [-0.05, 0) is 47.5 Å². The molecule has 2 nitrogen and oxygen atoms in total. The third-order valence-corrected chi connectivity index (χ3v) is 6.42. The molecule has 2 heteroatoms. The summed E-state index contributed by atoms with van der Waals surface area (Å²) in [5, 5.41) is 2.53. The smallest absolute Gasteiger partial charge is 0.135 e. The van der Waals surface area contributed by atoms with Crippen LogP contribution in [0, 0.1) is 0 Å². The predicted molar refractivity (Wildman–Crippen MR) is 132 cm³/mol. The monoisotopic (exact) mass is 409 g/mol. The van der Waals surface area contributed by atoms with Crippen molar-refractivity contribution in [3.05, 3.63) is 115 Å². The second-order valence-corrected chi connectivity index (χ2v) is 8.19. The van der Waals surface area contributed by atoms with Gasteiger partial charge in [-0.1, -0.05) is 78.9 Å². The lowest BCUT2D eigenvalue weighted by atomic mass is 9.94. The van der Waals surface area contributed by atoms with Gasteiger partial charge >= 0.3 is 0 Å². The molecule has 7 rings (SSSR count). The molecule has 0 atom stereocenters. The van der Waals surface area contributed by atoms with E-state index in [9.17, 15) is 0 Å². The molecule has 0 amide bonds. The fraction of sp³-hybridized carbons (Fsp3) is 0. The maximum absolute atomic E-state index is 6.42. The van der Waals surface area contributed by atoms with E-state index in [1.807, 2.05) is 12.1 Å². The first-order valence-corrected chi connectivity index (χ1v) is 10.9. The van der Waals surface area contributed by atoms with Gasteiger partial charge in [-0.15, -0.1) is 0 Å². The number of para-hydroxylation sites is 3. The molecule has 2 heterocycles. The van der Waals surface area contributed by atoms with Crippen molar-refractivity contribution in [2.24, 2.45) is 0 Å². The molecule has 5 aromatic carbocycles. The predicted octanol–water partition coefficient (Wildman–Crippen LogP) is 8.22.